The summed E-state index contributed by atoms with van der Waals surface area (Å²) in [5.74, 6) is -0.141. The number of hydrogen-bond donors (Lipinski definition) is 1. The smallest absolute Gasteiger partial charge is 0.151 e. The van der Waals surface area contributed by atoms with E-state index >= 15 is 0 Å². The van der Waals surface area contributed by atoms with Crippen LogP contribution in [0.25, 0.3) is 0 Å². The highest BCUT2D eigenvalue weighted by Gasteiger charge is 2.12. The molecule has 68 valence electrons. The van der Waals surface area contributed by atoms with Crippen LogP contribution in [0.4, 0.5) is 4.39 Å². The highest BCUT2D eigenvalue weighted by molar-refractivity contribution is 7.91. The Bertz CT molecular complexity index is 189. The van der Waals surface area contributed by atoms with E-state index in [0.29, 0.717) is 0 Å². The van der Waals surface area contributed by atoms with Crippen LogP contribution in [-0.2, 0) is 9.84 Å². The molecule has 0 amide bonds. The SMILES string of the molecule is CC(N)CS(=O)(=O)CCCF. The number of halogens is 1. The predicted molar refractivity (Wildman–Crippen MR) is 42.9 cm³/mol. The van der Waals surface area contributed by atoms with Gasteiger partial charge in [-0.15, -0.1) is 0 Å². The van der Waals surface area contributed by atoms with Gasteiger partial charge in [-0.1, -0.05) is 0 Å². The summed E-state index contributed by atoms with van der Waals surface area (Å²) >= 11 is 0. The van der Waals surface area contributed by atoms with Gasteiger partial charge in [-0.3, -0.25) is 4.39 Å². The van der Waals surface area contributed by atoms with E-state index in [4.69, 9.17) is 5.73 Å². The zero-order valence-electron chi connectivity index (χ0n) is 6.59. The fourth-order valence-corrected chi connectivity index (χ4v) is 2.28. The molecule has 0 heterocycles. The Morgan fingerprint density at radius 3 is 2.45 bits per heavy atom. The Morgan fingerprint density at radius 2 is 2.09 bits per heavy atom. The van der Waals surface area contributed by atoms with E-state index in [2.05, 4.69) is 0 Å². The van der Waals surface area contributed by atoms with Gasteiger partial charge in [0.25, 0.3) is 0 Å². The van der Waals surface area contributed by atoms with E-state index in [0.717, 1.165) is 0 Å². The second kappa shape index (κ2) is 4.66. The van der Waals surface area contributed by atoms with Crippen LogP contribution < -0.4 is 5.73 Å². The van der Waals surface area contributed by atoms with E-state index in [1.165, 1.54) is 0 Å². The monoisotopic (exact) mass is 183 g/mol. The van der Waals surface area contributed by atoms with Crippen LogP contribution in [-0.4, -0.2) is 32.6 Å². The summed E-state index contributed by atoms with van der Waals surface area (Å²) in [6.07, 6.45) is 0.0784. The minimum Gasteiger partial charge on any atom is -0.327 e. The lowest BCUT2D eigenvalue weighted by atomic mass is 10.4. The summed E-state index contributed by atoms with van der Waals surface area (Å²) < 4.78 is 33.5. The minimum atomic E-state index is -3.11. The molecule has 0 rings (SSSR count). The number of rotatable bonds is 5. The van der Waals surface area contributed by atoms with Crippen LogP contribution in [0, 0.1) is 0 Å². The third-order valence-corrected chi connectivity index (χ3v) is 3.05. The zero-order chi connectivity index (χ0) is 8.91. The van der Waals surface area contributed by atoms with Gasteiger partial charge < -0.3 is 5.73 Å². The summed E-state index contributed by atoms with van der Waals surface area (Å²) in [4.78, 5) is 0. The molecule has 0 aliphatic rings. The molecule has 3 nitrogen and oxygen atoms in total. The fourth-order valence-electron chi connectivity index (χ4n) is 0.758. The van der Waals surface area contributed by atoms with Crippen molar-refractivity contribution in [2.24, 2.45) is 5.73 Å². The molecule has 0 aliphatic carbocycles. The third-order valence-electron chi connectivity index (χ3n) is 1.11. The second-order valence-corrected chi connectivity index (χ2v) is 4.86. The first-order valence-electron chi connectivity index (χ1n) is 3.50. The first-order chi connectivity index (χ1) is 4.98. The van der Waals surface area contributed by atoms with Crippen molar-refractivity contribution in [2.45, 2.75) is 19.4 Å². The quantitative estimate of drug-likeness (QED) is 0.658. The Kier molecular flexibility index (Phi) is 4.60. The van der Waals surface area contributed by atoms with Gasteiger partial charge in [0.05, 0.1) is 18.2 Å². The molecule has 5 heteroatoms. The molecule has 0 aromatic carbocycles. The molecular formula is C6H14FNO2S. The van der Waals surface area contributed by atoms with Gasteiger partial charge in [-0.05, 0) is 13.3 Å². The van der Waals surface area contributed by atoms with Crippen molar-refractivity contribution in [3.63, 3.8) is 0 Å². The van der Waals surface area contributed by atoms with Crippen LogP contribution in [0.1, 0.15) is 13.3 Å². The lowest BCUT2D eigenvalue weighted by Gasteiger charge is -2.04. The maximum Gasteiger partial charge on any atom is 0.151 e. The highest BCUT2D eigenvalue weighted by Crippen LogP contribution is 1.96. The Morgan fingerprint density at radius 1 is 1.55 bits per heavy atom. The van der Waals surface area contributed by atoms with Crippen LogP contribution in [0.3, 0.4) is 0 Å². The van der Waals surface area contributed by atoms with Crippen molar-refractivity contribution in [3.05, 3.63) is 0 Å². The molecule has 0 fully saturated rings. The zero-order valence-corrected chi connectivity index (χ0v) is 7.40. The fraction of sp³-hybridized carbons (Fsp3) is 1.00. The van der Waals surface area contributed by atoms with Crippen molar-refractivity contribution < 1.29 is 12.8 Å². The molecule has 0 aromatic heterocycles. The molecular weight excluding hydrogens is 169 g/mol. The predicted octanol–water partition coefficient (Wildman–Crippen LogP) is 0.108. The molecule has 11 heavy (non-hydrogen) atoms. The maximum atomic E-state index is 11.6. The molecule has 0 aromatic rings. The van der Waals surface area contributed by atoms with Gasteiger partial charge in [-0.2, -0.15) is 0 Å². The van der Waals surface area contributed by atoms with Crippen molar-refractivity contribution in [2.75, 3.05) is 18.2 Å². The molecule has 2 N–H and O–H groups in total. The average molecular weight is 183 g/mol. The standard InChI is InChI=1S/C6H14FNO2S/c1-6(8)5-11(9,10)4-2-3-7/h6H,2-5,8H2,1H3. The van der Waals surface area contributed by atoms with Gasteiger partial charge in [0.15, 0.2) is 9.84 Å². The van der Waals surface area contributed by atoms with Crippen molar-refractivity contribution >= 4 is 9.84 Å². The molecule has 1 atom stereocenters. The number of nitrogens with two attached hydrogens (primary N) is 1. The van der Waals surface area contributed by atoms with Gasteiger partial charge in [0, 0.05) is 6.04 Å². The molecule has 0 saturated carbocycles. The number of hydrogen-bond acceptors (Lipinski definition) is 3. The summed E-state index contributed by atoms with van der Waals surface area (Å²) in [6.45, 7) is 1.03. The van der Waals surface area contributed by atoms with E-state index < -0.39 is 16.5 Å². The van der Waals surface area contributed by atoms with E-state index in [1.807, 2.05) is 0 Å². The normalized spacial score (nSPS) is 14.8. The third kappa shape index (κ3) is 6.25. The van der Waals surface area contributed by atoms with E-state index in [-0.39, 0.29) is 24.0 Å². The summed E-state index contributed by atoms with van der Waals surface area (Å²) in [5, 5.41) is 0. The van der Waals surface area contributed by atoms with E-state index in [1.54, 1.807) is 6.92 Å². The molecule has 1 unspecified atom stereocenters. The largest absolute Gasteiger partial charge is 0.327 e. The number of sulfone groups is 1. The van der Waals surface area contributed by atoms with Gasteiger partial charge in [0.1, 0.15) is 0 Å². The lowest BCUT2D eigenvalue weighted by molar-refractivity contribution is 0.484. The Balaban J connectivity index is 3.82. The highest BCUT2D eigenvalue weighted by atomic mass is 32.2. The molecule has 0 bridgehead atoms. The maximum absolute atomic E-state index is 11.6. The summed E-state index contributed by atoms with van der Waals surface area (Å²) in [7, 11) is -3.11. The van der Waals surface area contributed by atoms with Gasteiger partial charge in [-0.25, -0.2) is 8.42 Å². The topological polar surface area (TPSA) is 60.2 Å². The van der Waals surface area contributed by atoms with Crippen LogP contribution in [0.15, 0.2) is 0 Å². The van der Waals surface area contributed by atoms with Crippen LogP contribution in [0.5, 0.6) is 0 Å². The summed E-state index contributed by atoms with van der Waals surface area (Å²) in [5.41, 5.74) is 5.28. The van der Waals surface area contributed by atoms with Crippen LogP contribution >= 0.6 is 0 Å². The van der Waals surface area contributed by atoms with Gasteiger partial charge >= 0.3 is 0 Å². The van der Waals surface area contributed by atoms with Crippen molar-refractivity contribution in [1.82, 2.24) is 0 Å². The van der Waals surface area contributed by atoms with E-state index in [9.17, 15) is 12.8 Å². The summed E-state index contributed by atoms with van der Waals surface area (Å²) in [6, 6.07) is -0.361. The van der Waals surface area contributed by atoms with Crippen LogP contribution in [0.2, 0.25) is 0 Å². The lowest BCUT2D eigenvalue weighted by Crippen LogP contribution is -2.27. The Hall–Kier alpha value is -0.160. The second-order valence-electron chi connectivity index (χ2n) is 2.63. The van der Waals surface area contributed by atoms with Crippen molar-refractivity contribution in [1.29, 1.82) is 0 Å². The van der Waals surface area contributed by atoms with Gasteiger partial charge in [0.2, 0.25) is 0 Å². The minimum absolute atomic E-state index is 0.0486. The molecule has 0 aliphatic heterocycles. The number of alkyl halides is 1. The Labute approximate surface area is 66.7 Å². The average Bonchev–Trinajstić information content (AvgIpc) is 1.81. The molecule has 0 radical (unpaired) electrons. The molecule has 0 spiro atoms. The first-order valence-corrected chi connectivity index (χ1v) is 5.32. The first kappa shape index (κ1) is 10.8. The molecule has 0 saturated heterocycles. The van der Waals surface area contributed by atoms with Crippen molar-refractivity contribution in [3.8, 4) is 0 Å².